The molecule has 33 heavy (non-hydrogen) atoms. The van der Waals surface area contributed by atoms with E-state index in [0.717, 1.165) is 34.7 Å². The van der Waals surface area contributed by atoms with Gasteiger partial charge in [-0.15, -0.1) is 11.3 Å². The van der Waals surface area contributed by atoms with Crippen LogP contribution in [0.3, 0.4) is 0 Å². The number of hydrogen-bond acceptors (Lipinski definition) is 5. The molecule has 0 atom stereocenters. The monoisotopic (exact) mass is 460 g/mol. The highest BCUT2D eigenvalue weighted by Crippen LogP contribution is 2.27. The smallest absolute Gasteiger partial charge is 0.292 e. The maximum absolute atomic E-state index is 12.8. The number of thiazole rings is 1. The predicted molar refractivity (Wildman–Crippen MR) is 133 cm³/mol. The molecule has 4 aromatic rings. The van der Waals surface area contributed by atoms with E-state index >= 15 is 0 Å². The largest absolute Gasteiger partial charge is 0.326 e. The minimum atomic E-state index is -0.348. The first-order valence-electron chi connectivity index (χ1n) is 10.9. The number of rotatable bonds is 6. The van der Waals surface area contributed by atoms with Crippen molar-refractivity contribution in [2.24, 2.45) is 0 Å². The van der Waals surface area contributed by atoms with Gasteiger partial charge >= 0.3 is 6.03 Å². The van der Waals surface area contributed by atoms with Gasteiger partial charge in [0.1, 0.15) is 5.82 Å². The molecule has 170 valence electrons. The highest BCUT2D eigenvalue weighted by atomic mass is 32.1. The standard InChI is InChI=1S/C25H28N6OS/c1-17-5-8-19(9-6-17)31-22(15-21(30-31)25(2,3)4)28-23(32)29-24-27-16-20(33-24)10-7-18-11-13-26-14-12-18/h5-6,8-9,11-16H,7,10H2,1-4H3,(H2,27,28,29,32). The van der Waals surface area contributed by atoms with Crippen LogP contribution in [-0.4, -0.2) is 25.8 Å². The van der Waals surface area contributed by atoms with Crippen LogP contribution in [-0.2, 0) is 18.3 Å². The lowest BCUT2D eigenvalue weighted by Gasteiger charge is -2.14. The van der Waals surface area contributed by atoms with Gasteiger partial charge in [-0.2, -0.15) is 5.10 Å². The maximum Gasteiger partial charge on any atom is 0.326 e. The van der Waals surface area contributed by atoms with Crippen molar-refractivity contribution in [3.63, 3.8) is 0 Å². The Kier molecular flexibility index (Phi) is 6.55. The molecule has 0 aliphatic heterocycles. The number of aryl methyl sites for hydroxylation is 3. The van der Waals surface area contributed by atoms with Gasteiger partial charge in [0.05, 0.1) is 11.4 Å². The minimum Gasteiger partial charge on any atom is -0.292 e. The molecule has 0 aliphatic rings. The van der Waals surface area contributed by atoms with Crippen LogP contribution < -0.4 is 10.6 Å². The lowest BCUT2D eigenvalue weighted by Crippen LogP contribution is -2.21. The van der Waals surface area contributed by atoms with Crippen molar-refractivity contribution in [3.8, 4) is 5.69 Å². The van der Waals surface area contributed by atoms with Gasteiger partial charge in [0.2, 0.25) is 0 Å². The van der Waals surface area contributed by atoms with Crippen molar-refractivity contribution in [3.05, 3.63) is 82.8 Å². The Bertz CT molecular complexity index is 1220. The zero-order valence-corrected chi connectivity index (χ0v) is 20.1. The lowest BCUT2D eigenvalue weighted by atomic mass is 9.92. The molecule has 2 N–H and O–H groups in total. The van der Waals surface area contributed by atoms with Crippen molar-refractivity contribution in [1.82, 2.24) is 19.7 Å². The number of anilines is 2. The normalized spacial score (nSPS) is 11.4. The van der Waals surface area contributed by atoms with Crippen LogP contribution in [0, 0.1) is 6.92 Å². The number of hydrogen-bond donors (Lipinski definition) is 2. The second kappa shape index (κ2) is 9.54. The molecule has 0 saturated heterocycles. The van der Waals surface area contributed by atoms with Crippen LogP contribution in [0.1, 0.15) is 42.5 Å². The number of pyridine rings is 1. The van der Waals surface area contributed by atoms with Crippen LogP contribution in [0.5, 0.6) is 0 Å². The Morgan fingerprint density at radius 1 is 1.03 bits per heavy atom. The van der Waals surface area contributed by atoms with Crippen molar-refractivity contribution < 1.29 is 4.79 Å². The molecular weight excluding hydrogens is 432 g/mol. The molecule has 0 bridgehead atoms. The molecule has 0 unspecified atom stereocenters. The van der Waals surface area contributed by atoms with E-state index in [2.05, 4.69) is 41.4 Å². The second-order valence-electron chi connectivity index (χ2n) is 8.98. The quantitative estimate of drug-likeness (QED) is 0.383. The minimum absolute atomic E-state index is 0.151. The molecule has 8 heteroatoms. The number of benzene rings is 1. The van der Waals surface area contributed by atoms with Crippen LogP contribution in [0.25, 0.3) is 5.69 Å². The highest BCUT2D eigenvalue weighted by molar-refractivity contribution is 7.15. The summed E-state index contributed by atoms with van der Waals surface area (Å²) in [5, 5.41) is 11.1. The molecule has 3 aromatic heterocycles. The molecule has 1 aromatic carbocycles. The topological polar surface area (TPSA) is 84.7 Å². The molecule has 3 heterocycles. The Balaban J connectivity index is 1.45. The highest BCUT2D eigenvalue weighted by Gasteiger charge is 2.21. The fourth-order valence-electron chi connectivity index (χ4n) is 3.26. The van der Waals surface area contributed by atoms with E-state index in [1.807, 2.05) is 55.6 Å². The molecular formula is C25H28N6OS. The first kappa shape index (κ1) is 22.7. The first-order chi connectivity index (χ1) is 15.8. The Labute approximate surface area is 197 Å². The summed E-state index contributed by atoms with van der Waals surface area (Å²) < 4.78 is 1.77. The van der Waals surface area contributed by atoms with Crippen LogP contribution >= 0.6 is 11.3 Å². The zero-order chi connectivity index (χ0) is 23.4. The number of aromatic nitrogens is 4. The van der Waals surface area contributed by atoms with E-state index < -0.39 is 0 Å². The number of amides is 2. The lowest BCUT2D eigenvalue weighted by molar-refractivity contribution is 0.262. The number of nitrogens with one attached hydrogen (secondary N) is 2. The van der Waals surface area contributed by atoms with Gasteiger partial charge in [0, 0.05) is 34.9 Å². The summed E-state index contributed by atoms with van der Waals surface area (Å²) in [6.45, 7) is 8.34. The van der Waals surface area contributed by atoms with Gasteiger partial charge in [-0.3, -0.25) is 15.6 Å². The summed E-state index contributed by atoms with van der Waals surface area (Å²) in [5.41, 5.74) is 4.02. The number of carbonyl (C=O) groups is 1. The third-order valence-corrected chi connectivity index (χ3v) is 6.15. The van der Waals surface area contributed by atoms with Crippen LogP contribution in [0.4, 0.5) is 15.7 Å². The van der Waals surface area contributed by atoms with Crippen molar-refractivity contribution in [1.29, 1.82) is 0 Å². The van der Waals surface area contributed by atoms with Gasteiger partial charge in [-0.1, -0.05) is 38.5 Å². The SMILES string of the molecule is Cc1ccc(-n2nc(C(C)(C)C)cc2NC(=O)Nc2ncc(CCc3ccncc3)s2)cc1. The number of carbonyl (C=O) groups excluding carboxylic acids is 1. The van der Waals surface area contributed by atoms with Gasteiger partial charge in [0.15, 0.2) is 5.13 Å². The number of nitrogens with zero attached hydrogens (tertiary/aromatic N) is 4. The molecule has 2 amide bonds. The second-order valence-corrected chi connectivity index (χ2v) is 10.1. The zero-order valence-electron chi connectivity index (χ0n) is 19.3. The average molecular weight is 461 g/mol. The first-order valence-corrected chi connectivity index (χ1v) is 11.7. The summed E-state index contributed by atoms with van der Waals surface area (Å²) in [5.74, 6) is 0.607. The Morgan fingerprint density at radius 3 is 2.45 bits per heavy atom. The van der Waals surface area contributed by atoms with E-state index in [-0.39, 0.29) is 11.4 Å². The summed E-state index contributed by atoms with van der Waals surface area (Å²) in [6, 6.07) is 13.6. The van der Waals surface area contributed by atoms with Crippen LogP contribution in [0.15, 0.2) is 61.1 Å². The third-order valence-electron chi connectivity index (χ3n) is 5.18. The fourth-order valence-corrected chi connectivity index (χ4v) is 4.07. The summed E-state index contributed by atoms with van der Waals surface area (Å²) in [6.07, 6.45) is 7.18. The van der Waals surface area contributed by atoms with E-state index in [1.54, 1.807) is 17.1 Å². The van der Waals surface area contributed by atoms with Crippen molar-refractivity contribution >= 4 is 28.3 Å². The molecule has 0 aliphatic carbocycles. The third kappa shape index (κ3) is 5.84. The molecule has 0 radical (unpaired) electrons. The van der Waals surface area contributed by atoms with Crippen molar-refractivity contribution in [2.45, 2.75) is 46.0 Å². The Hall–Kier alpha value is -3.52. The molecule has 4 rings (SSSR count). The van der Waals surface area contributed by atoms with Gasteiger partial charge in [0.25, 0.3) is 0 Å². The molecule has 0 saturated carbocycles. The predicted octanol–water partition coefficient (Wildman–Crippen LogP) is 5.76. The molecule has 7 nitrogen and oxygen atoms in total. The Morgan fingerprint density at radius 2 is 1.76 bits per heavy atom. The maximum atomic E-state index is 12.8. The van der Waals surface area contributed by atoms with Gasteiger partial charge < -0.3 is 0 Å². The van der Waals surface area contributed by atoms with Crippen molar-refractivity contribution in [2.75, 3.05) is 10.6 Å². The summed E-state index contributed by atoms with van der Waals surface area (Å²) in [4.78, 5) is 22.3. The van der Waals surface area contributed by atoms with Gasteiger partial charge in [-0.25, -0.2) is 14.5 Å². The molecule has 0 fully saturated rings. The summed E-state index contributed by atoms with van der Waals surface area (Å²) in [7, 11) is 0. The fraction of sp³-hybridized carbons (Fsp3) is 0.280. The van der Waals surface area contributed by atoms with E-state index in [9.17, 15) is 4.79 Å². The number of urea groups is 1. The van der Waals surface area contributed by atoms with Gasteiger partial charge in [-0.05, 0) is 49.6 Å². The van der Waals surface area contributed by atoms with E-state index in [1.165, 1.54) is 16.9 Å². The average Bonchev–Trinajstić information content (AvgIpc) is 3.40. The summed E-state index contributed by atoms with van der Waals surface area (Å²) >= 11 is 1.48. The van der Waals surface area contributed by atoms with E-state index in [4.69, 9.17) is 5.10 Å². The molecule has 0 spiro atoms. The van der Waals surface area contributed by atoms with E-state index in [0.29, 0.717) is 10.9 Å². The van der Waals surface area contributed by atoms with Crippen LogP contribution in [0.2, 0.25) is 0 Å².